The number of hydrogen-bond acceptors (Lipinski definition) is 3. The van der Waals surface area contributed by atoms with E-state index < -0.39 is 11.7 Å². The van der Waals surface area contributed by atoms with Crippen LogP contribution in [0, 0.1) is 5.82 Å². The topological polar surface area (TPSA) is 67.0 Å². The molecule has 0 saturated heterocycles. The fourth-order valence-electron chi connectivity index (χ4n) is 2.15. The SMILES string of the molecule is COc1ccc(NC(=O)c2cc(-c3ccc(Br)cc3)n[nH]2)cc1F. The minimum absolute atomic E-state index is 0.118. The number of hydrogen-bond donors (Lipinski definition) is 2. The van der Waals surface area contributed by atoms with Crippen molar-refractivity contribution in [1.29, 1.82) is 0 Å². The lowest BCUT2D eigenvalue weighted by atomic mass is 10.1. The van der Waals surface area contributed by atoms with Crippen LogP contribution in [0.5, 0.6) is 5.75 Å². The number of nitrogens with one attached hydrogen (secondary N) is 2. The van der Waals surface area contributed by atoms with Crippen molar-refractivity contribution in [2.75, 3.05) is 12.4 Å². The summed E-state index contributed by atoms with van der Waals surface area (Å²) < 4.78 is 19.5. The lowest BCUT2D eigenvalue weighted by molar-refractivity contribution is 0.102. The molecule has 0 aliphatic heterocycles. The number of carbonyl (C=O) groups is 1. The second-order valence-corrected chi connectivity index (χ2v) is 5.89. The Morgan fingerprint density at radius 3 is 2.62 bits per heavy atom. The second kappa shape index (κ2) is 6.84. The van der Waals surface area contributed by atoms with Crippen molar-refractivity contribution in [3.63, 3.8) is 0 Å². The summed E-state index contributed by atoms with van der Waals surface area (Å²) in [5, 5.41) is 9.42. The minimum Gasteiger partial charge on any atom is -0.494 e. The summed E-state index contributed by atoms with van der Waals surface area (Å²) in [6.45, 7) is 0. The normalized spacial score (nSPS) is 10.5. The summed E-state index contributed by atoms with van der Waals surface area (Å²) in [5.41, 5.74) is 2.14. The average molecular weight is 390 g/mol. The van der Waals surface area contributed by atoms with Gasteiger partial charge in [0.05, 0.1) is 12.8 Å². The molecule has 24 heavy (non-hydrogen) atoms. The molecule has 0 unspecified atom stereocenters. The van der Waals surface area contributed by atoms with Crippen LogP contribution in [0.15, 0.2) is 53.0 Å². The van der Waals surface area contributed by atoms with E-state index in [0.29, 0.717) is 11.4 Å². The summed E-state index contributed by atoms with van der Waals surface area (Å²) in [7, 11) is 1.38. The molecule has 0 atom stereocenters. The van der Waals surface area contributed by atoms with Gasteiger partial charge in [0.15, 0.2) is 11.6 Å². The first-order chi connectivity index (χ1) is 11.6. The van der Waals surface area contributed by atoms with Crippen LogP contribution in [0.3, 0.4) is 0 Å². The van der Waals surface area contributed by atoms with E-state index in [1.165, 1.54) is 19.2 Å². The summed E-state index contributed by atoms with van der Waals surface area (Å²) in [6.07, 6.45) is 0. The Morgan fingerprint density at radius 1 is 1.21 bits per heavy atom. The molecule has 122 valence electrons. The number of anilines is 1. The van der Waals surface area contributed by atoms with E-state index in [9.17, 15) is 9.18 Å². The van der Waals surface area contributed by atoms with Crippen molar-refractivity contribution in [2.45, 2.75) is 0 Å². The molecule has 1 aromatic heterocycles. The van der Waals surface area contributed by atoms with Gasteiger partial charge in [0.25, 0.3) is 5.91 Å². The molecule has 1 heterocycles. The highest BCUT2D eigenvalue weighted by Crippen LogP contribution is 2.23. The number of rotatable bonds is 4. The van der Waals surface area contributed by atoms with Crippen LogP contribution in [-0.2, 0) is 0 Å². The monoisotopic (exact) mass is 389 g/mol. The van der Waals surface area contributed by atoms with Gasteiger partial charge in [-0.3, -0.25) is 9.89 Å². The molecule has 2 aromatic carbocycles. The molecular weight excluding hydrogens is 377 g/mol. The van der Waals surface area contributed by atoms with Crippen molar-refractivity contribution in [1.82, 2.24) is 10.2 Å². The van der Waals surface area contributed by atoms with E-state index in [2.05, 4.69) is 31.4 Å². The van der Waals surface area contributed by atoms with Gasteiger partial charge in [-0.05, 0) is 30.3 Å². The number of nitrogens with zero attached hydrogens (tertiary/aromatic N) is 1. The molecule has 0 saturated carbocycles. The standard InChI is InChI=1S/C17H13BrFN3O2/c1-24-16-7-6-12(8-13(16)19)20-17(23)15-9-14(21-22-15)10-2-4-11(18)5-3-10/h2-9H,1H3,(H,20,23)(H,21,22). The molecule has 5 nitrogen and oxygen atoms in total. The number of amides is 1. The van der Waals surface area contributed by atoms with Crippen LogP contribution in [0.25, 0.3) is 11.3 Å². The van der Waals surface area contributed by atoms with E-state index in [1.807, 2.05) is 24.3 Å². The summed E-state index contributed by atoms with van der Waals surface area (Å²) in [6, 6.07) is 13.4. The van der Waals surface area contributed by atoms with Gasteiger partial charge in [-0.1, -0.05) is 28.1 Å². The Bertz CT molecular complexity index is 878. The Hall–Kier alpha value is -2.67. The summed E-state index contributed by atoms with van der Waals surface area (Å²) in [5.74, 6) is -0.835. The first kappa shape index (κ1) is 16.2. The number of carbonyl (C=O) groups excluding carboxylic acids is 1. The van der Waals surface area contributed by atoms with Crippen LogP contribution in [0.2, 0.25) is 0 Å². The molecule has 3 rings (SSSR count). The maximum atomic E-state index is 13.7. The third-order valence-corrected chi connectivity index (χ3v) is 3.90. The van der Waals surface area contributed by atoms with E-state index >= 15 is 0 Å². The van der Waals surface area contributed by atoms with Gasteiger partial charge in [0, 0.05) is 21.8 Å². The van der Waals surface area contributed by atoms with Crippen LogP contribution >= 0.6 is 15.9 Å². The smallest absolute Gasteiger partial charge is 0.273 e. The number of aromatic amines is 1. The molecule has 0 radical (unpaired) electrons. The van der Waals surface area contributed by atoms with Gasteiger partial charge in [-0.15, -0.1) is 0 Å². The molecule has 0 fully saturated rings. The van der Waals surface area contributed by atoms with Gasteiger partial charge < -0.3 is 10.1 Å². The maximum Gasteiger partial charge on any atom is 0.273 e. The number of ether oxygens (including phenoxy) is 1. The van der Waals surface area contributed by atoms with Crippen LogP contribution in [0.1, 0.15) is 10.5 Å². The van der Waals surface area contributed by atoms with Crippen LogP contribution in [-0.4, -0.2) is 23.2 Å². The zero-order chi connectivity index (χ0) is 17.1. The third kappa shape index (κ3) is 3.46. The average Bonchev–Trinajstić information content (AvgIpc) is 3.06. The molecule has 0 spiro atoms. The number of methoxy groups -OCH3 is 1. The minimum atomic E-state index is -0.546. The molecule has 1 amide bonds. The van der Waals surface area contributed by atoms with Gasteiger partial charge >= 0.3 is 0 Å². The number of aromatic nitrogens is 2. The fourth-order valence-corrected chi connectivity index (χ4v) is 2.41. The predicted molar refractivity (Wildman–Crippen MR) is 92.6 cm³/mol. The molecule has 2 N–H and O–H groups in total. The number of H-pyrrole nitrogens is 1. The van der Waals surface area contributed by atoms with Crippen molar-refractivity contribution in [3.05, 3.63) is 64.5 Å². The molecule has 7 heteroatoms. The first-order valence-corrected chi connectivity index (χ1v) is 7.82. The van der Waals surface area contributed by atoms with E-state index in [-0.39, 0.29) is 11.4 Å². The van der Waals surface area contributed by atoms with Crippen LogP contribution in [0.4, 0.5) is 10.1 Å². The van der Waals surface area contributed by atoms with Gasteiger partial charge in [0.2, 0.25) is 0 Å². The molecule has 0 bridgehead atoms. The molecule has 0 aliphatic carbocycles. The highest BCUT2D eigenvalue weighted by Gasteiger charge is 2.12. The Kier molecular flexibility index (Phi) is 4.61. The Labute approximate surface area is 146 Å². The quantitative estimate of drug-likeness (QED) is 0.701. The van der Waals surface area contributed by atoms with Crippen LogP contribution < -0.4 is 10.1 Å². The van der Waals surface area contributed by atoms with Crippen molar-refractivity contribution in [3.8, 4) is 17.0 Å². The van der Waals surface area contributed by atoms with Crippen molar-refractivity contribution in [2.24, 2.45) is 0 Å². The number of halogens is 2. The lowest BCUT2D eigenvalue weighted by Crippen LogP contribution is -2.12. The van der Waals surface area contributed by atoms with E-state index in [1.54, 1.807) is 12.1 Å². The van der Waals surface area contributed by atoms with E-state index in [4.69, 9.17) is 4.74 Å². The first-order valence-electron chi connectivity index (χ1n) is 7.03. The fraction of sp³-hybridized carbons (Fsp3) is 0.0588. The third-order valence-electron chi connectivity index (χ3n) is 3.37. The molecule has 0 aliphatic rings. The largest absolute Gasteiger partial charge is 0.494 e. The highest BCUT2D eigenvalue weighted by molar-refractivity contribution is 9.10. The van der Waals surface area contributed by atoms with Gasteiger partial charge in [-0.25, -0.2) is 4.39 Å². The maximum absolute atomic E-state index is 13.7. The number of benzene rings is 2. The Morgan fingerprint density at radius 2 is 1.96 bits per heavy atom. The summed E-state index contributed by atoms with van der Waals surface area (Å²) >= 11 is 3.37. The van der Waals surface area contributed by atoms with Crippen molar-refractivity contribution < 1.29 is 13.9 Å². The molecular formula is C17H13BrFN3O2. The second-order valence-electron chi connectivity index (χ2n) is 4.98. The Balaban J connectivity index is 1.76. The predicted octanol–water partition coefficient (Wildman–Crippen LogP) is 4.24. The zero-order valence-corrected chi connectivity index (χ0v) is 14.2. The van der Waals surface area contributed by atoms with Gasteiger partial charge in [0.1, 0.15) is 5.69 Å². The van der Waals surface area contributed by atoms with Crippen molar-refractivity contribution >= 4 is 27.5 Å². The molecule has 3 aromatic rings. The lowest BCUT2D eigenvalue weighted by Gasteiger charge is -2.06. The van der Waals surface area contributed by atoms with Gasteiger partial charge in [-0.2, -0.15) is 5.10 Å². The zero-order valence-electron chi connectivity index (χ0n) is 12.6. The summed E-state index contributed by atoms with van der Waals surface area (Å²) in [4.78, 5) is 12.2. The highest BCUT2D eigenvalue weighted by atomic mass is 79.9. The van der Waals surface area contributed by atoms with E-state index in [0.717, 1.165) is 10.0 Å².